The van der Waals surface area contributed by atoms with Gasteiger partial charge in [0.25, 0.3) is 0 Å². The highest BCUT2D eigenvalue weighted by molar-refractivity contribution is 5.52. The number of fused-ring (bicyclic) bond motifs is 1. The van der Waals surface area contributed by atoms with Crippen LogP contribution in [0, 0.1) is 0 Å². The second-order valence-corrected chi connectivity index (χ2v) is 10.4. The minimum atomic E-state index is -0.540. The molecule has 0 spiro atoms. The van der Waals surface area contributed by atoms with Gasteiger partial charge < -0.3 is 24.6 Å². The van der Waals surface area contributed by atoms with Crippen molar-refractivity contribution < 1.29 is 19.3 Å². The van der Waals surface area contributed by atoms with E-state index in [9.17, 15) is 5.11 Å². The van der Waals surface area contributed by atoms with Crippen LogP contribution in [-0.2, 0) is 0 Å². The molecule has 0 saturated carbocycles. The van der Waals surface area contributed by atoms with Gasteiger partial charge in [0.2, 0.25) is 0 Å². The Balaban J connectivity index is 1.54. The number of methoxy groups -OCH3 is 1. The molecule has 5 nitrogen and oxygen atoms in total. The molecule has 0 bridgehead atoms. The van der Waals surface area contributed by atoms with Crippen molar-refractivity contribution in [3.05, 3.63) is 89.5 Å². The van der Waals surface area contributed by atoms with Crippen molar-refractivity contribution in [1.82, 2.24) is 5.32 Å². The van der Waals surface area contributed by atoms with Gasteiger partial charge in [0.15, 0.2) is 0 Å². The van der Waals surface area contributed by atoms with Crippen LogP contribution in [0.1, 0.15) is 68.6 Å². The van der Waals surface area contributed by atoms with Crippen LogP contribution in [0.2, 0.25) is 0 Å². The van der Waals surface area contributed by atoms with Crippen LogP contribution in [-0.4, -0.2) is 43.6 Å². The summed E-state index contributed by atoms with van der Waals surface area (Å²) in [5, 5.41) is 13.6. The lowest BCUT2D eigenvalue weighted by Gasteiger charge is -2.45. The summed E-state index contributed by atoms with van der Waals surface area (Å²) in [6.07, 6.45) is 3.00. The van der Waals surface area contributed by atoms with Crippen molar-refractivity contribution in [3.8, 4) is 17.2 Å². The van der Waals surface area contributed by atoms with Gasteiger partial charge in [0.05, 0.1) is 7.11 Å². The summed E-state index contributed by atoms with van der Waals surface area (Å²) in [5.41, 5.74) is 3.15. The van der Waals surface area contributed by atoms with E-state index in [1.165, 1.54) is 24.0 Å². The molecule has 0 amide bonds. The molecule has 5 heteroatoms. The number of aliphatic hydroxyl groups is 1. The molecule has 198 valence electrons. The second-order valence-electron chi connectivity index (χ2n) is 10.4. The number of rotatable bonds is 12. The number of hydrogen-bond acceptors (Lipinski definition) is 5. The molecule has 3 atom stereocenters. The highest BCUT2D eigenvalue weighted by Gasteiger charge is 2.45. The van der Waals surface area contributed by atoms with E-state index in [1.807, 2.05) is 24.3 Å². The van der Waals surface area contributed by atoms with Gasteiger partial charge in [-0.05, 0) is 56.1 Å². The molecular formula is C32H41NO4. The van der Waals surface area contributed by atoms with Crippen molar-refractivity contribution >= 4 is 0 Å². The van der Waals surface area contributed by atoms with Gasteiger partial charge in [-0.1, -0.05) is 68.3 Å². The summed E-state index contributed by atoms with van der Waals surface area (Å²) in [6, 6.07) is 25.0. The molecule has 0 aliphatic carbocycles. The lowest BCUT2D eigenvalue weighted by molar-refractivity contribution is 0.0528. The second kappa shape index (κ2) is 12.5. The number of benzene rings is 3. The fourth-order valence-corrected chi connectivity index (χ4v) is 5.33. The summed E-state index contributed by atoms with van der Waals surface area (Å²) in [7, 11) is 1.68. The maximum absolute atomic E-state index is 10.3. The molecule has 0 saturated heterocycles. The molecular weight excluding hydrogens is 462 g/mol. The van der Waals surface area contributed by atoms with Gasteiger partial charge in [-0.15, -0.1) is 0 Å². The predicted molar refractivity (Wildman–Crippen MR) is 149 cm³/mol. The topological polar surface area (TPSA) is 60.0 Å². The largest absolute Gasteiger partial charge is 0.497 e. The number of nitrogens with one attached hydrogen (secondary N) is 1. The van der Waals surface area contributed by atoms with E-state index in [4.69, 9.17) is 14.2 Å². The highest BCUT2D eigenvalue weighted by Crippen LogP contribution is 2.53. The molecule has 37 heavy (non-hydrogen) atoms. The third-order valence-electron chi connectivity index (χ3n) is 7.19. The highest BCUT2D eigenvalue weighted by atomic mass is 16.5. The molecule has 0 fully saturated rings. The third kappa shape index (κ3) is 6.65. The smallest absolute Gasteiger partial charge is 0.127 e. The lowest BCUT2D eigenvalue weighted by Crippen LogP contribution is -2.43. The Morgan fingerprint density at radius 2 is 1.68 bits per heavy atom. The average Bonchev–Trinajstić information content (AvgIpc) is 2.91. The van der Waals surface area contributed by atoms with E-state index in [1.54, 1.807) is 7.11 Å². The van der Waals surface area contributed by atoms with Crippen LogP contribution in [0.3, 0.4) is 0 Å². The Bertz CT molecular complexity index is 1110. The quantitative estimate of drug-likeness (QED) is 0.284. The van der Waals surface area contributed by atoms with Crippen LogP contribution in [0.25, 0.3) is 0 Å². The van der Waals surface area contributed by atoms with Gasteiger partial charge >= 0.3 is 0 Å². The van der Waals surface area contributed by atoms with Gasteiger partial charge in [0, 0.05) is 30.0 Å². The van der Waals surface area contributed by atoms with Gasteiger partial charge in [-0.25, -0.2) is 0 Å². The number of unbranched alkanes of at least 4 members (excludes halogenated alkanes) is 2. The monoisotopic (exact) mass is 503 g/mol. The minimum absolute atomic E-state index is 0.0963. The average molecular weight is 504 g/mol. The van der Waals surface area contributed by atoms with Crippen LogP contribution in [0.4, 0.5) is 0 Å². The van der Waals surface area contributed by atoms with E-state index >= 15 is 0 Å². The number of ether oxygens (including phenoxy) is 3. The molecule has 2 N–H and O–H groups in total. The fraction of sp³-hybridized carbons (Fsp3) is 0.438. The van der Waals surface area contributed by atoms with E-state index in [2.05, 4.69) is 74.6 Å². The first-order valence-corrected chi connectivity index (χ1v) is 13.5. The van der Waals surface area contributed by atoms with Crippen molar-refractivity contribution in [3.63, 3.8) is 0 Å². The van der Waals surface area contributed by atoms with Crippen LogP contribution < -0.4 is 19.5 Å². The van der Waals surface area contributed by atoms with E-state index in [0.29, 0.717) is 6.54 Å². The summed E-state index contributed by atoms with van der Waals surface area (Å²) < 4.78 is 18.0. The van der Waals surface area contributed by atoms with Crippen molar-refractivity contribution in [1.29, 1.82) is 0 Å². The summed E-state index contributed by atoms with van der Waals surface area (Å²) in [5.74, 6) is 2.61. The molecule has 3 aromatic carbocycles. The first-order valence-electron chi connectivity index (χ1n) is 13.5. The molecule has 1 aliphatic heterocycles. The first kappa shape index (κ1) is 27.0. The maximum atomic E-state index is 10.3. The van der Waals surface area contributed by atoms with Crippen molar-refractivity contribution in [2.45, 2.75) is 63.6 Å². The number of hydrogen-bond donors (Lipinski definition) is 2. The lowest BCUT2D eigenvalue weighted by atomic mass is 9.68. The Morgan fingerprint density at radius 3 is 2.38 bits per heavy atom. The molecule has 1 heterocycles. The standard InChI is InChI=1S/C32H41NO4/c1-5-6-10-19-33-21-25(34)22-36-26-15-13-23(14-16-26)30-28-18-17-27(35-4)20-29(28)37-32(2,3)31(30)24-11-8-7-9-12-24/h7-9,11-18,20,25,30-31,33-34H,5-6,10,19,21-22H2,1-4H3/t25-,30+,31-/m0/s1. The van der Waals surface area contributed by atoms with Gasteiger partial charge in [0.1, 0.15) is 35.6 Å². The van der Waals surface area contributed by atoms with Gasteiger partial charge in [-0.3, -0.25) is 0 Å². The van der Waals surface area contributed by atoms with E-state index in [-0.39, 0.29) is 18.4 Å². The van der Waals surface area contributed by atoms with Crippen molar-refractivity contribution in [2.75, 3.05) is 26.8 Å². The summed E-state index contributed by atoms with van der Waals surface area (Å²) in [4.78, 5) is 0. The zero-order chi connectivity index (χ0) is 26.3. The Hall–Kier alpha value is -3.02. The molecule has 1 aliphatic rings. The normalized spacial score (nSPS) is 18.9. The minimum Gasteiger partial charge on any atom is -0.497 e. The third-order valence-corrected chi connectivity index (χ3v) is 7.19. The fourth-order valence-electron chi connectivity index (χ4n) is 5.33. The summed E-state index contributed by atoms with van der Waals surface area (Å²) >= 11 is 0. The first-order chi connectivity index (χ1) is 17.9. The number of aliphatic hydroxyl groups excluding tert-OH is 1. The zero-order valence-electron chi connectivity index (χ0n) is 22.6. The summed E-state index contributed by atoms with van der Waals surface area (Å²) in [6.45, 7) is 8.24. The van der Waals surface area contributed by atoms with Crippen molar-refractivity contribution in [2.24, 2.45) is 0 Å². The predicted octanol–water partition coefficient (Wildman–Crippen LogP) is 6.30. The molecule has 4 rings (SSSR count). The Morgan fingerprint density at radius 1 is 0.946 bits per heavy atom. The Labute approximate surface area is 221 Å². The van der Waals surface area contributed by atoms with E-state index < -0.39 is 11.7 Å². The molecule has 0 radical (unpaired) electrons. The molecule has 3 aromatic rings. The van der Waals surface area contributed by atoms with Gasteiger partial charge in [-0.2, -0.15) is 0 Å². The Kier molecular flexibility index (Phi) is 9.12. The zero-order valence-corrected chi connectivity index (χ0v) is 22.6. The SMILES string of the molecule is CCCCCNC[C@H](O)COc1ccc([C@@H]2c3ccc(OC)cc3OC(C)(C)[C@H]2c2ccccc2)cc1. The molecule has 0 unspecified atom stereocenters. The van der Waals surface area contributed by atoms with Crippen LogP contribution in [0.5, 0.6) is 17.2 Å². The molecule has 0 aromatic heterocycles. The van der Waals surface area contributed by atoms with Crippen LogP contribution >= 0.6 is 0 Å². The van der Waals surface area contributed by atoms with Crippen LogP contribution in [0.15, 0.2) is 72.8 Å². The van der Waals surface area contributed by atoms with E-state index in [0.717, 1.165) is 35.8 Å². The maximum Gasteiger partial charge on any atom is 0.127 e.